The van der Waals surface area contributed by atoms with Gasteiger partial charge in [0, 0.05) is 13.1 Å². The van der Waals surface area contributed by atoms with Crippen LogP contribution in [0.2, 0.25) is 0 Å². The highest BCUT2D eigenvalue weighted by Crippen LogP contribution is 2.19. The Balaban J connectivity index is 1.99. The normalized spacial score (nSPS) is 16.5. The third kappa shape index (κ3) is 4.08. The van der Waals surface area contributed by atoms with Gasteiger partial charge in [-0.2, -0.15) is 0 Å². The van der Waals surface area contributed by atoms with Gasteiger partial charge >= 0.3 is 0 Å². The summed E-state index contributed by atoms with van der Waals surface area (Å²) in [6.07, 6.45) is 3.27. The number of nitrogens with zero attached hydrogens (tertiary/aromatic N) is 1. The fourth-order valence-electron chi connectivity index (χ4n) is 2.51. The lowest BCUT2D eigenvalue weighted by molar-refractivity contribution is 0.0683. The molecule has 2 rings (SSSR count). The lowest BCUT2D eigenvalue weighted by atomic mass is 9.97. The second-order valence-electron chi connectivity index (χ2n) is 5.05. The van der Waals surface area contributed by atoms with E-state index in [1.807, 2.05) is 4.90 Å². The van der Waals surface area contributed by atoms with Gasteiger partial charge < -0.3 is 14.6 Å². The van der Waals surface area contributed by atoms with Crippen molar-refractivity contribution in [3.05, 3.63) is 22.6 Å². The maximum Gasteiger partial charge on any atom is 0.289 e. The largest absolute Gasteiger partial charge is 0.444 e. The fraction of sp³-hybridized carbons (Fsp3) is 0.643. The number of furan rings is 1. The van der Waals surface area contributed by atoms with E-state index in [1.165, 1.54) is 0 Å². The molecule has 0 bridgehead atoms. The number of nitrogens with one attached hydrogen (secondary N) is 1. The van der Waals surface area contributed by atoms with Crippen molar-refractivity contribution < 1.29 is 9.21 Å². The van der Waals surface area contributed by atoms with Crippen molar-refractivity contribution in [3.8, 4) is 0 Å². The zero-order valence-electron chi connectivity index (χ0n) is 11.3. The van der Waals surface area contributed by atoms with Crippen molar-refractivity contribution in [3.63, 3.8) is 0 Å². The number of hydrogen-bond acceptors (Lipinski definition) is 3. The van der Waals surface area contributed by atoms with Gasteiger partial charge in [0.05, 0.1) is 0 Å². The van der Waals surface area contributed by atoms with Crippen LogP contribution < -0.4 is 5.32 Å². The maximum atomic E-state index is 12.4. The second-order valence-corrected chi connectivity index (χ2v) is 5.83. The molecule has 19 heavy (non-hydrogen) atoms. The first-order valence-electron chi connectivity index (χ1n) is 6.96. The van der Waals surface area contributed by atoms with Crippen LogP contribution in [0.25, 0.3) is 0 Å². The van der Waals surface area contributed by atoms with E-state index in [1.54, 1.807) is 12.1 Å². The van der Waals surface area contributed by atoms with Crippen LogP contribution in [0.5, 0.6) is 0 Å². The molecule has 0 aliphatic carbocycles. The standard InChI is InChI=1S/C14H21BrN2O2/c1-2-9-17(10-11-5-7-16-8-6-11)14(18)12-3-4-13(15)19-12/h3-4,11,16H,2,5-10H2,1H3. The summed E-state index contributed by atoms with van der Waals surface area (Å²) in [5.74, 6) is 1.04. The molecule has 1 aromatic rings. The predicted octanol–water partition coefficient (Wildman–Crippen LogP) is 2.89. The van der Waals surface area contributed by atoms with Crippen molar-refractivity contribution >= 4 is 21.8 Å². The van der Waals surface area contributed by atoms with Gasteiger partial charge in [-0.3, -0.25) is 4.79 Å². The number of halogens is 1. The van der Waals surface area contributed by atoms with Crippen LogP contribution in [0.3, 0.4) is 0 Å². The Bertz CT molecular complexity index is 413. The Morgan fingerprint density at radius 2 is 2.21 bits per heavy atom. The lowest BCUT2D eigenvalue weighted by Crippen LogP contribution is -2.39. The first-order chi connectivity index (χ1) is 9.20. The van der Waals surface area contributed by atoms with Gasteiger partial charge in [-0.1, -0.05) is 6.92 Å². The topological polar surface area (TPSA) is 45.5 Å². The Morgan fingerprint density at radius 1 is 1.47 bits per heavy atom. The molecule has 0 radical (unpaired) electrons. The molecule has 1 N–H and O–H groups in total. The minimum absolute atomic E-state index is 0.00563. The van der Waals surface area contributed by atoms with E-state index >= 15 is 0 Å². The molecular formula is C14H21BrN2O2. The van der Waals surface area contributed by atoms with Gasteiger partial charge in [0.15, 0.2) is 10.4 Å². The first-order valence-corrected chi connectivity index (χ1v) is 7.75. The molecule has 4 nitrogen and oxygen atoms in total. The summed E-state index contributed by atoms with van der Waals surface area (Å²) >= 11 is 3.24. The third-order valence-electron chi connectivity index (χ3n) is 3.50. The van der Waals surface area contributed by atoms with Gasteiger partial charge in [-0.15, -0.1) is 0 Å². The minimum Gasteiger partial charge on any atom is -0.444 e. The van der Waals surface area contributed by atoms with E-state index < -0.39 is 0 Å². The van der Waals surface area contributed by atoms with Crippen molar-refractivity contribution in [2.45, 2.75) is 26.2 Å². The van der Waals surface area contributed by atoms with Gasteiger partial charge in [0.25, 0.3) is 5.91 Å². The number of amides is 1. The van der Waals surface area contributed by atoms with Crippen LogP contribution in [0.1, 0.15) is 36.7 Å². The molecule has 2 heterocycles. The maximum absolute atomic E-state index is 12.4. The first kappa shape index (κ1) is 14.6. The Kier molecular flexibility index (Phi) is 5.45. The number of carbonyl (C=O) groups excluding carboxylic acids is 1. The van der Waals surface area contributed by atoms with Crippen LogP contribution >= 0.6 is 15.9 Å². The molecule has 1 fully saturated rings. The summed E-state index contributed by atoms with van der Waals surface area (Å²) in [5.41, 5.74) is 0. The molecule has 1 saturated heterocycles. The second kappa shape index (κ2) is 7.10. The highest BCUT2D eigenvalue weighted by Gasteiger charge is 2.23. The predicted molar refractivity (Wildman–Crippen MR) is 78.2 cm³/mol. The average Bonchev–Trinajstić information content (AvgIpc) is 2.85. The average molecular weight is 329 g/mol. The Hall–Kier alpha value is -0.810. The Morgan fingerprint density at radius 3 is 2.79 bits per heavy atom. The molecule has 1 aromatic heterocycles. The van der Waals surface area contributed by atoms with Crippen LogP contribution in [-0.4, -0.2) is 37.0 Å². The van der Waals surface area contributed by atoms with Crippen LogP contribution in [-0.2, 0) is 0 Å². The van der Waals surface area contributed by atoms with E-state index in [0.29, 0.717) is 16.3 Å². The highest BCUT2D eigenvalue weighted by molar-refractivity contribution is 9.10. The van der Waals surface area contributed by atoms with Crippen LogP contribution in [0, 0.1) is 5.92 Å². The molecule has 106 valence electrons. The quantitative estimate of drug-likeness (QED) is 0.903. The fourth-order valence-corrected chi connectivity index (χ4v) is 2.81. The number of carbonyl (C=O) groups is 1. The van der Waals surface area contributed by atoms with E-state index in [0.717, 1.165) is 45.4 Å². The molecule has 0 saturated carbocycles. The van der Waals surface area contributed by atoms with Gasteiger partial charge in [-0.05, 0) is 66.3 Å². The summed E-state index contributed by atoms with van der Waals surface area (Å²) in [5, 5.41) is 3.36. The molecule has 0 atom stereocenters. The minimum atomic E-state index is 0.00563. The zero-order valence-corrected chi connectivity index (χ0v) is 12.9. The van der Waals surface area contributed by atoms with Crippen LogP contribution in [0.15, 0.2) is 21.2 Å². The van der Waals surface area contributed by atoms with E-state index in [-0.39, 0.29) is 5.91 Å². The monoisotopic (exact) mass is 328 g/mol. The summed E-state index contributed by atoms with van der Waals surface area (Å²) in [6.45, 7) is 5.85. The number of hydrogen-bond donors (Lipinski definition) is 1. The van der Waals surface area contributed by atoms with E-state index in [9.17, 15) is 4.79 Å². The SMILES string of the molecule is CCCN(CC1CCNCC1)C(=O)c1ccc(Br)o1. The Labute approximate surface area is 122 Å². The molecule has 1 amide bonds. The summed E-state index contributed by atoms with van der Waals surface area (Å²) < 4.78 is 5.98. The molecule has 1 aliphatic rings. The lowest BCUT2D eigenvalue weighted by Gasteiger charge is -2.29. The van der Waals surface area contributed by atoms with Crippen molar-refractivity contribution in [1.29, 1.82) is 0 Å². The molecule has 0 aromatic carbocycles. The third-order valence-corrected chi connectivity index (χ3v) is 3.93. The van der Waals surface area contributed by atoms with Gasteiger partial charge in [-0.25, -0.2) is 0 Å². The molecule has 0 spiro atoms. The van der Waals surface area contributed by atoms with Crippen molar-refractivity contribution in [1.82, 2.24) is 10.2 Å². The van der Waals surface area contributed by atoms with Crippen LogP contribution in [0.4, 0.5) is 0 Å². The number of piperidine rings is 1. The van der Waals surface area contributed by atoms with Crippen molar-refractivity contribution in [2.24, 2.45) is 5.92 Å². The molecule has 5 heteroatoms. The van der Waals surface area contributed by atoms with E-state index in [2.05, 4.69) is 28.2 Å². The molecular weight excluding hydrogens is 308 g/mol. The smallest absolute Gasteiger partial charge is 0.289 e. The highest BCUT2D eigenvalue weighted by atomic mass is 79.9. The molecule has 0 unspecified atom stereocenters. The van der Waals surface area contributed by atoms with Crippen molar-refractivity contribution in [2.75, 3.05) is 26.2 Å². The molecule has 1 aliphatic heterocycles. The summed E-state index contributed by atoms with van der Waals surface area (Å²) in [6, 6.07) is 3.50. The van der Waals surface area contributed by atoms with E-state index in [4.69, 9.17) is 4.42 Å². The zero-order chi connectivity index (χ0) is 13.7. The number of rotatable bonds is 5. The summed E-state index contributed by atoms with van der Waals surface area (Å²) in [4.78, 5) is 14.3. The summed E-state index contributed by atoms with van der Waals surface area (Å²) in [7, 11) is 0. The van der Waals surface area contributed by atoms with Gasteiger partial charge in [0.2, 0.25) is 0 Å². The van der Waals surface area contributed by atoms with Gasteiger partial charge in [0.1, 0.15) is 0 Å².